The monoisotopic (exact) mass is 518 g/mol. The molecule has 0 radical (unpaired) electrons. The molecule has 10 nitrogen and oxygen atoms in total. The molecule has 1 unspecified atom stereocenters. The first-order chi connectivity index (χ1) is 18.9. The van der Waals surface area contributed by atoms with E-state index < -0.39 is 5.69 Å². The Morgan fingerprint density at radius 1 is 0.897 bits per heavy atom. The van der Waals surface area contributed by atoms with Crippen molar-refractivity contribution < 1.29 is 0 Å². The number of hydrogen-bond donors (Lipinski definition) is 1. The van der Waals surface area contributed by atoms with Crippen molar-refractivity contribution in [2.45, 2.75) is 26.4 Å². The average Bonchev–Trinajstić information content (AvgIpc) is 3.61. The normalized spacial score (nSPS) is 12.2. The van der Waals surface area contributed by atoms with E-state index in [0.717, 1.165) is 32.4 Å². The van der Waals surface area contributed by atoms with Crippen LogP contribution in [0.3, 0.4) is 0 Å². The van der Waals surface area contributed by atoms with Gasteiger partial charge in [-0.2, -0.15) is 5.21 Å². The van der Waals surface area contributed by atoms with Crippen LogP contribution in [-0.4, -0.2) is 39.3 Å². The summed E-state index contributed by atoms with van der Waals surface area (Å²) in [6.45, 7) is 4.24. The highest BCUT2D eigenvalue weighted by Crippen LogP contribution is 2.30. The van der Waals surface area contributed by atoms with E-state index in [2.05, 4.69) is 20.6 Å². The van der Waals surface area contributed by atoms with E-state index in [9.17, 15) is 9.59 Å². The molecule has 6 rings (SSSR count). The van der Waals surface area contributed by atoms with Crippen LogP contribution in [0, 0.1) is 6.92 Å². The molecule has 0 aliphatic rings. The lowest BCUT2D eigenvalue weighted by molar-refractivity contribution is 0.579. The molecule has 0 bridgehead atoms. The number of aromatic nitrogens is 8. The van der Waals surface area contributed by atoms with Crippen molar-refractivity contribution in [1.29, 1.82) is 0 Å². The Labute approximate surface area is 223 Å². The summed E-state index contributed by atoms with van der Waals surface area (Å²) >= 11 is 0. The van der Waals surface area contributed by atoms with Crippen molar-refractivity contribution in [3.8, 4) is 22.5 Å². The Morgan fingerprint density at radius 2 is 1.59 bits per heavy atom. The zero-order chi connectivity index (χ0) is 27.1. The number of fused-ring (bicyclic) bond motifs is 1. The molecule has 0 aliphatic heterocycles. The largest absolute Gasteiger partial charge is 0.333 e. The van der Waals surface area contributed by atoms with Crippen LogP contribution in [0.1, 0.15) is 29.9 Å². The highest BCUT2D eigenvalue weighted by molar-refractivity contribution is 5.80. The standard InChI is InChI=1S/C29H26N8O2/c1-18(21-9-5-4-6-10-21)37-27-25(28(38)35(3)29(37)39)36(19(2)30-27)17-20-13-15-22(16-14-20)23-11-7-8-12-24(23)26-31-33-34-32-26/h4-16,18H,17H2,1-3H3,(H,31,32,33,34). The van der Waals surface area contributed by atoms with Crippen molar-refractivity contribution >= 4 is 11.2 Å². The van der Waals surface area contributed by atoms with Gasteiger partial charge in [0.1, 0.15) is 5.82 Å². The van der Waals surface area contributed by atoms with Crippen LogP contribution in [0.25, 0.3) is 33.7 Å². The van der Waals surface area contributed by atoms with Crippen LogP contribution in [0.2, 0.25) is 0 Å². The van der Waals surface area contributed by atoms with Gasteiger partial charge >= 0.3 is 5.69 Å². The molecule has 0 amide bonds. The minimum absolute atomic E-state index is 0.297. The van der Waals surface area contributed by atoms with E-state index in [1.807, 2.05) is 97.3 Å². The zero-order valence-corrected chi connectivity index (χ0v) is 21.7. The molecule has 194 valence electrons. The number of H-pyrrole nitrogens is 1. The van der Waals surface area contributed by atoms with Crippen LogP contribution in [0.15, 0.2) is 88.5 Å². The smallest absolute Gasteiger partial charge is 0.318 e. The Balaban J connectivity index is 1.40. The number of aryl methyl sites for hydroxylation is 1. The van der Waals surface area contributed by atoms with Crippen LogP contribution in [0.5, 0.6) is 0 Å². The Bertz CT molecular complexity index is 1900. The summed E-state index contributed by atoms with van der Waals surface area (Å²) in [4.78, 5) is 31.3. The van der Waals surface area contributed by atoms with Crippen molar-refractivity contribution in [3.05, 3.63) is 117 Å². The maximum Gasteiger partial charge on any atom is 0.333 e. The third kappa shape index (κ3) is 4.15. The van der Waals surface area contributed by atoms with E-state index in [1.54, 1.807) is 4.57 Å². The van der Waals surface area contributed by atoms with Gasteiger partial charge in [0.15, 0.2) is 11.2 Å². The second-order valence-electron chi connectivity index (χ2n) is 9.50. The van der Waals surface area contributed by atoms with E-state index in [-0.39, 0.29) is 11.6 Å². The number of rotatable bonds is 6. The summed E-state index contributed by atoms with van der Waals surface area (Å²) in [5.41, 5.74) is 4.87. The maximum absolute atomic E-state index is 13.3. The minimum atomic E-state index is -0.391. The number of benzene rings is 3. The van der Waals surface area contributed by atoms with Crippen molar-refractivity contribution in [2.75, 3.05) is 0 Å². The first-order valence-corrected chi connectivity index (χ1v) is 12.6. The minimum Gasteiger partial charge on any atom is -0.318 e. The fraction of sp³-hybridized carbons (Fsp3) is 0.172. The van der Waals surface area contributed by atoms with Gasteiger partial charge in [0.25, 0.3) is 5.56 Å². The van der Waals surface area contributed by atoms with Crippen molar-refractivity contribution in [3.63, 3.8) is 0 Å². The van der Waals surface area contributed by atoms with E-state index >= 15 is 0 Å². The predicted molar refractivity (Wildman–Crippen MR) is 148 cm³/mol. The van der Waals surface area contributed by atoms with Gasteiger partial charge in [-0.25, -0.2) is 9.78 Å². The quantitative estimate of drug-likeness (QED) is 0.359. The molecule has 0 aliphatic carbocycles. The van der Waals surface area contributed by atoms with Crippen molar-refractivity contribution in [1.82, 2.24) is 39.3 Å². The van der Waals surface area contributed by atoms with Gasteiger partial charge in [0, 0.05) is 19.2 Å². The van der Waals surface area contributed by atoms with Crippen LogP contribution in [-0.2, 0) is 13.6 Å². The van der Waals surface area contributed by atoms with E-state index in [4.69, 9.17) is 4.98 Å². The molecule has 39 heavy (non-hydrogen) atoms. The average molecular weight is 519 g/mol. The lowest BCUT2D eigenvalue weighted by atomic mass is 9.98. The number of aromatic amines is 1. The van der Waals surface area contributed by atoms with Crippen LogP contribution < -0.4 is 11.2 Å². The zero-order valence-electron chi connectivity index (χ0n) is 21.7. The molecule has 3 aromatic heterocycles. The Morgan fingerprint density at radius 3 is 2.28 bits per heavy atom. The molecule has 1 atom stereocenters. The van der Waals surface area contributed by atoms with E-state index in [1.165, 1.54) is 7.05 Å². The predicted octanol–water partition coefficient (Wildman–Crippen LogP) is 3.71. The molecule has 0 saturated carbocycles. The molecule has 1 N–H and O–H groups in total. The fourth-order valence-corrected chi connectivity index (χ4v) is 5.03. The number of nitrogens with one attached hydrogen (secondary N) is 1. The highest BCUT2D eigenvalue weighted by atomic mass is 16.2. The third-order valence-corrected chi connectivity index (χ3v) is 7.16. The Kier molecular flexibility index (Phi) is 5.99. The molecule has 3 heterocycles. The summed E-state index contributed by atoms with van der Waals surface area (Å²) in [5, 5.41) is 14.4. The van der Waals surface area contributed by atoms with Crippen LogP contribution >= 0.6 is 0 Å². The highest BCUT2D eigenvalue weighted by Gasteiger charge is 2.22. The molecule has 6 aromatic rings. The molecule has 3 aromatic carbocycles. The molecule has 0 fully saturated rings. The van der Waals surface area contributed by atoms with Gasteiger partial charge in [-0.05, 0) is 41.3 Å². The Hall–Kier alpha value is -5.12. The van der Waals surface area contributed by atoms with Gasteiger partial charge in [0.2, 0.25) is 5.82 Å². The first-order valence-electron chi connectivity index (χ1n) is 12.6. The molecule has 0 spiro atoms. The number of hydrogen-bond acceptors (Lipinski definition) is 6. The summed E-state index contributed by atoms with van der Waals surface area (Å²) in [5.74, 6) is 1.19. The molecule has 10 heteroatoms. The van der Waals surface area contributed by atoms with Gasteiger partial charge in [-0.1, -0.05) is 78.9 Å². The molecule has 0 saturated heterocycles. The first kappa shape index (κ1) is 24.2. The van der Waals surface area contributed by atoms with Gasteiger partial charge < -0.3 is 4.57 Å². The van der Waals surface area contributed by atoms with Gasteiger partial charge in [0.05, 0.1) is 6.04 Å². The lowest BCUT2D eigenvalue weighted by Crippen LogP contribution is -2.40. The van der Waals surface area contributed by atoms with E-state index in [0.29, 0.717) is 29.4 Å². The number of nitrogens with zero attached hydrogens (tertiary/aromatic N) is 7. The topological polar surface area (TPSA) is 116 Å². The molecular weight excluding hydrogens is 492 g/mol. The van der Waals surface area contributed by atoms with Gasteiger partial charge in [-0.3, -0.25) is 13.9 Å². The third-order valence-electron chi connectivity index (χ3n) is 7.16. The van der Waals surface area contributed by atoms with Crippen molar-refractivity contribution in [2.24, 2.45) is 7.05 Å². The number of imidazole rings is 1. The van der Waals surface area contributed by atoms with Crippen LogP contribution in [0.4, 0.5) is 0 Å². The lowest BCUT2D eigenvalue weighted by Gasteiger charge is -2.17. The second kappa shape index (κ2) is 9.64. The summed E-state index contributed by atoms with van der Waals surface area (Å²) in [7, 11) is 1.51. The summed E-state index contributed by atoms with van der Waals surface area (Å²) in [6, 6.07) is 25.5. The summed E-state index contributed by atoms with van der Waals surface area (Å²) in [6.07, 6.45) is 0. The molecular formula is C29H26N8O2. The maximum atomic E-state index is 13.3. The summed E-state index contributed by atoms with van der Waals surface area (Å²) < 4.78 is 4.65. The fourth-order valence-electron chi connectivity index (χ4n) is 5.03. The second-order valence-corrected chi connectivity index (χ2v) is 9.50. The SMILES string of the molecule is Cc1nc2c(c(=O)n(C)c(=O)n2C(C)c2ccccc2)n1Cc1ccc(-c2ccccc2-c2nn[nH]n2)cc1. The number of tetrazole rings is 1. The van der Waals surface area contributed by atoms with Gasteiger partial charge in [-0.15, -0.1) is 10.2 Å².